The standard InChI is InChI=1S/C15H18N2O3/c1-15(2,14(19)20)16(3)13(18)10-17-9-8-11-6-4-5-7-12(11)17/h4-9H,10H2,1-3H3,(H,19,20). The first kappa shape index (κ1) is 14.1. The molecule has 0 saturated heterocycles. The number of fused-ring (bicyclic) bond motifs is 1. The average Bonchev–Trinajstić information content (AvgIpc) is 2.81. The summed E-state index contributed by atoms with van der Waals surface area (Å²) in [4.78, 5) is 24.7. The largest absolute Gasteiger partial charge is 0.480 e. The lowest BCUT2D eigenvalue weighted by Crippen LogP contribution is -2.51. The van der Waals surface area contributed by atoms with Gasteiger partial charge in [0.05, 0.1) is 0 Å². The van der Waals surface area contributed by atoms with Gasteiger partial charge in [-0.05, 0) is 31.4 Å². The van der Waals surface area contributed by atoms with Crippen molar-refractivity contribution < 1.29 is 14.7 Å². The fraction of sp³-hybridized carbons (Fsp3) is 0.333. The first-order valence-electron chi connectivity index (χ1n) is 6.38. The summed E-state index contributed by atoms with van der Waals surface area (Å²) in [5, 5.41) is 10.2. The third kappa shape index (κ3) is 2.39. The number of hydrogen-bond donors (Lipinski definition) is 1. The van der Waals surface area contributed by atoms with Crippen molar-refractivity contribution in [3.8, 4) is 0 Å². The molecule has 0 radical (unpaired) electrons. The van der Waals surface area contributed by atoms with Gasteiger partial charge in [-0.25, -0.2) is 4.79 Å². The number of hydrogen-bond acceptors (Lipinski definition) is 2. The minimum atomic E-state index is -1.22. The van der Waals surface area contributed by atoms with Crippen LogP contribution in [0.3, 0.4) is 0 Å². The summed E-state index contributed by atoms with van der Waals surface area (Å²) in [5.41, 5.74) is -0.262. The van der Waals surface area contributed by atoms with Crippen molar-refractivity contribution in [2.45, 2.75) is 25.9 Å². The number of carboxylic acids is 1. The van der Waals surface area contributed by atoms with E-state index < -0.39 is 11.5 Å². The first-order valence-corrected chi connectivity index (χ1v) is 6.38. The van der Waals surface area contributed by atoms with Gasteiger partial charge >= 0.3 is 5.97 Å². The van der Waals surface area contributed by atoms with Crippen LogP contribution in [0.5, 0.6) is 0 Å². The molecular weight excluding hydrogens is 256 g/mol. The highest BCUT2D eigenvalue weighted by Crippen LogP contribution is 2.17. The number of rotatable bonds is 4. The summed E-state index contributed by atoms with van der Waals surface area (Å²) >= 11 is 0. The monoisotopic (exact) mass is 274 g/mol. The van der Waals surface area contributed by atoms with Crippen LogP contribution in [-0.4, -0.2) is 39.0 Å². The van der Waals surface area contributed by atoms with Crippen molar-refractivity contribution in [1.29, 1.82) is 0 Å². The first-order chi connectivity index (χ1) is 9.34. The third-order valence-electron chi connectivity index (χ3n) is 3.72. The van der Waals surface area contributed by atoms with E-state index in [1.807, 2.05) is 41.1 Å². The Morgan fingerprint density at radius 1 is 1.25 bits per heavy atom. The Labute approximate surface area is 117 Å². The van der Waals surface area contributed by atoms with E-state index in [1.54, 1.807) is 0 Å². The lowest BCUT2D eigenvalue weighted by atomic mass is 10.0. The van der Waals surface area contributed by atoms with Crippen LogP contribution >= 0.6 is 0 Å². The van der Waals surface area contributed by atoms with Crippen LogP contribution in [-0.2, 0) is 16.1 Å². The van der Waals surface area contributed by atoms with E-state index >= 15 is 0 Å². The number of likely N-dealkylation sites (N-methyl/N-ethyl adjacent to an activating group) is 1. The fourth-order valence-corrected chi connectivity index (χ4v) is 1.99. The highest BCUT2D eigenvalue weighted by atomic mass is 16.4. The van der Waals surface area contributed by atoms with Crippen LogP contribution in [0.15, 0.2) is 36.5 Å². The van der Waals surface area contributed by atoms with Crippen molar-refractivity contribution in [1.82, 2.24) is 9.47 Å². The normalized spacial score (nSPS) is 11.6. The number of aliphatic carboxylic acids is 1. The highest BCUT2D eigenvalue weighted by molar-refractivity contribution is 5.87. The zero-order chi connectivity index (χ0) is 14.9. The SMILES string of the molecule is CN(C(=O)Cn1ccc2ccccc21)C(C)(C)C(=O)O. The molecule has 2 aromatic rings. The smallest absolute Gasteiger partial charge is 0.329 e. The van der Waals surface area contributed by atoms with Gasteiger partial charge in [-0.1, -0.05) is 18.2 Å². The van der Waals surface area contributed by atoms with E-state index in [1.165, 1.54) is 25.8 Å². The molecule has 0 aliphatic carbocycles. The Morgan fingerprint density at radius 3 is 2.55 bits per heavy atom. The van der Waals surface area contributed by atoms with Crippen molar-refractivity contribution in [3.05, 3.63) is 36.5 Å². The van der Waals surface area contributed by atoms with E-state index in [9.17, 15) is 9.59 Å². The maximum absolute atomic E-state index is 12.2. The molecule has 0 aliphatic heterocycles. The van der Waals surface area contributed by atoms with E-state index in [0.717, 1.165) is 10.9 Å². The highest BCUT2D eigenvalue weighted by Gasteiger charge is 2.35. The molecule has 1 N–H and O–H groups in total. The molecule has 0 spiro atoms. The lowest BCUT2D eigenvalue weighted by molar-refractivity contribution is -0.155. The van der Waals surface area contributed by atoms with Crippen LogP contribution in [0.1, 0.15) is 13.8 Å². The average molecular weight is 274 g/mol. The van der Waals surface area contributed by atoms with Crippen molar-refractivity contribution >= 4 is 22.8 Å². The zero-order valence-corrected chi connectivity index (χ0v) is 11.8. The Hall–Kier alpha value is -2.30. The molecule has 1 aromatic heterocycles. The maximum atomic E-state index is 12.2. The molecule has 106 valence electrons. The minimum absolute atomic E-state index is 0.126. The summed E-state index contributed by atoms with van der Waals surface area (Å²) in [5.74, 6) is -1.26. The maximum Gasteiger partial charge on any atom is 0.329 e. The van der Waals surface area contributed by atoms with Crippen LogP contribution in [0.2, 0.25) is 0 Å². The molecule has 0 bridgehead atoms. The van der Waals surface area contributed by atoms with Crippen LogP contribution in [0.4, 0.5) is 0 Å². The van der Waals surface area contributed by atoms with Crippen molar-refractivity contribution in [2.24, 2.45) is 0 Å². The summed E-state index contributed by atoms with van der Waals surface area (Å²) in [6.07, 6.45) is 1.84. The zero-order valence-electron chi connectivity index (χ0n) is 11.8. The van der Waals surface area contributed by atoms with E-state index in [0.29, 0.717) is 0 Å². The van der Waals surface area contributed by atoms with E-state index in [4.69, 9.17) is 5.11 Å². The number of para-hydroxylation sites is 1. The Morgan fingerprint density at radius 2 is 1.90 bits per heavy atom. The van der Waals surface area contributed by atoms with Gasteiger partial charge in [0.15, 0.2) is 0 Å². The molecule has 0 fully saturated rings. The molecule has 20 heavy (non-hydrogen) atoms. The number of carboxylic acid groups (broad SMARTS) is 1. The fourth-order valence-electron chi connectivity index (χ4n) is 1.99. The topological polar surface area (TPSA) is 62.5 Å². The quantitative estimate of drug-likeness (QED) is 0.927. The number of carbonyl (C=O) groups excluding carboxylic acids is 1. The molecule has 5 heteroatoms. The molecule has 1 heterocycles. The molecule has 0 saturated carbocycles. The Bertz CT molecular complexity index is 658. The van der Waals surface area contributed by atoms with Crippen molar-refractivity contribution in [3.63, 3.8) is 0 Å². The van der Waals surface area contributed by atoms with Gasteiger partial charge in [0, 0.05) is 18.8 Å². The second kappa shape index (κ2) is 5.00. The van der Waals surface area contributed by atoms with Crippen LogP contribution < -0.4 is 0 Å². The lowest BCUT2D eigenvalue weighted by Gasteiger charge is -2.31. The van der Waals surface area contributed by atoms with Crippen LogP contribution in [0, 0.1) is 0 Å². The number of benzene rings is 1. The predicted octanol–water partition coefficient (Wildman–Crippen LogP) is 1.96. The van der Waals surface area contributed by atoms with Crippen molar-refractivity contribution in [2.75, 3.05) is 7.05 Å². The predicted molar refractivity (Wildman–Crippen MR) is 76.4 cm³/mol. The molecule has 2 rings (SSSR count). The van der Waals surface area contributed by atoms with Crippen LogP contribution in [0.25, 0.3) is 10.9 Å². The van der Waals surface area contributed by atoms with Gasteiger partial charge in [0.25, 0.3) is 0 Å². The van der Waals surface area contributed by atoms with Gasteiger partial charge in [-0.2, -0.15) is 0 Å². The summed E-state index contributed by atoms with van der Waals surface area (Å²) in [7, 11) is 1.52. The number of carbonyl (C=O) groups is 2. The summed E-state index contributed by atoms with van der Waals surface area (Å²) < 4.78 is 1.83. The molecule has 0 unspecified atom stereocenters. The van der Waals surface area contributed by atoms with E-state index in [-0.39, 0.29) is 12.5 Å². The Kier molecular flexibility index (Phi) is 3.53. The third-order valence-corrected chi connectivity index (χ3v) is 3.72. The summed E-state index contributed by atoms with van der Waals surface area (Å²) in [6, 6.07) is 9.69. The molecule has 0 aliphatic rings. The van der Waals surface area contributed by atoms with Gasteiger partial charge in [-0.15, -0.1) is 0 Å². The van der Waals surface area contributed by atoms with Gasteiger partial charge in [-0.3, -0.25) is 4.79 Å². The summed E-state index contributed by atoms with van der Waals surface area (Å²) in [6.45, 7) is 3.16. The Balaban J connectivity index is 2.22. The molecule has 0 atom stereocenters. The number of aromatic nitrogens is 1. The van der Waals surface area contributed by atoms with E-state index in [2.05, 4.69) is 0 Å². The molecule has 5 nitrogen and oxygen atoms in total. The number of amides is 1. The number of nitrogens with zero attached hydrogens (tertiary/aromatic N) is 2. The van der Waals surface area contributed by atoms with Gasteiger partial charge in [0.1, 0.15) is 12.1 Å². The second-order valence-corrected chi connectivity index (χ2v) is 5.32. The molecule has 1 aromatic carbocycles. The molecule has 1 amide bonds. The molecular formula is C15H18N2O3. The minimum Gasteiger partial charge on any atom is -0.480 e. The second-order valence-electron chi connectivity index (χ2n) is 5.32. The van der Waals surface area contributed by atoms with Gasteiger partial charge in [0.2, 0.25) is 5.91 Å². The van der Waals surface area contributed by atoms with Gasteiger partial charge < -0.3 is 14.6 Å².